The SMILES string of the molecule is O=C(NCC[C@@H](O)c1ccccc1)C1(c2cccs2)CCCC1. The topological polar surface area (TPSA) is 49.3 Å². The lowest BCUT2D eigenvalue weighted by Gasteiger charge is -2.26. The van der Waals surface area contributed by atoms with Gasteiger partial charge in [0, 0.05) is 11.4 Å². The van der Waals surface area contributed by atoms with Gasteiger partial charge in [-0.25, -0.2) is 0 Å². The Kier molecular flexibility index (Phi) is 5.13. The van der Waals surface area contributed by atoms with Gasteiger partial charge in [-0.2, -0.15) is 0 Å². The van der Waals surface area contributed by atoms with Crippen LogP contribution in [0.5, 0.6) is 0 Å². The van der Waals surface area contributed by atoms with Crippen molar-refractivity contribution in [3.8, 4) is 0 Å². The number of carbonyl (C=O) groups is 1. The molecule has 2 aromatic rings. The highest BCUT2D eigenvalue weighted by atomic mass is 32.1. The van der Waals surface area contributed by atoms with Crippen molar-refractivity contribution in [3.05, 3.63) is 58.3 Å². The Morgan fingerprint density at radius 3 is 2.57 bits per heavy atom. The fourth-order valence-corrected chi connectivity index (χ4v) is 4.43. The van der Waals surface area contributed by atoms with Crippen LogP contribution in [0.1, 0.15) is 48.6 Å². The first-order valence-corrected chi connectivity index (χ1v) is 9.16. The zero-order chi connectivity index (χ0) is 16.1. The smallest absolute Gasteiger partial charge is 0.231 e. The van der Waals surface area contributed by atoms with Crippen molar-refractivity contribution in [2.75, 3.05) is 6.54 Å². The molecule has 1 aliphatic rings. The number of benzene rings is 1. The van der Waals surface area contributed by atoms with Crippen LogP contribution in [-0.2, 0) is 10.2 Å². The van der Waals surface area contributed by atoms with Gasteiger partial charge < -0.3 is 10.4 Å². The highest BCUT2D eigenvalue weighted by Gasteiger charge is 2.43. The van der Waals surface area contributed by atoms with Gasteiger partial charge in [-0.3, -0.25) is 4.79 Å². The Hall–Kier alpha value is -1.65. The van der Waals surface area contributed by atoms with Crippen LogP contribution in [0.25, 0.3) is 0 Å². The van der Waals surface area contributed by atoms with Gasteiger partial charge in [0.15, 0.2) is 0 Å². The molecule has 1 atom stereocenters. The second-order valence-electron chi connectivity index (χ2n) is 6.24. The van der Waals surface area contributed by atoms with Gasteiger partial charge in [0.1, 0.15) is 0 Å². The van der Waals surface area contributed by atoms with E-state index in [2.05, 4.69) is 11.4 Å². The lowest BCUT2D eigenvalue weighted by atomic mass is 9.83. The Labute approximate surface area is 141 Å². The Bertz CT molecular complexity index is 618. The third-order valence-electron chi connectivity index (χ3n) is 4.77. The predicted octanol–water partition coefficient (Wildman–Crippen LogP) is 3.80. The van der Waals surface area contributed by atoms with E-state index in [9.17, 15) is 9.90 Å². The minimum atomic E-state index is -0.530. The van der Waals surface area contributed by atoms with Crippen molar-refractivity contribution in [3.63, 3.8) is 0 Å². The van der Waals surface area contributed by atoms with Crippen LogP contribution in [0.3, 0.4) is 0 Å². The number of aliphatic hydroxyl groups is 1. The summed E-state index contributed by atoms with van der Waals surface area (Å²) in [5.41, 5.74) is 0.557. The van der Waals surface area contributed by atoms with Crippen molar-refractivity contribution < 1.29 is 9.90 Å². The van der Waals surface area contributed by atoms with Gasteiger partial charge in [0.2, 0.25) is 5.91 Å². The van der Waals surface area contributed by atoms with Crippen molar-refractivity contribution in [1.82, 2.24) is 5.32 Å². The number of thiophene rings is 1. The Balaban J connectivity index is 1.58. The van der Waals surface area contributed by atoms with Gasteiger partial charge in [0.05, 0.1) is 11.5 Å². The van der Waals surface area contributed by atoms with Crippen LogP contribution in [0.4, 0.5) is 0 Å². The summed E-state index contributed by atoms with van der Waals surface area (Å²) >= 11 is 1.67. The largest absolute Gasteiger partial charge is 0.388 e. The molecule has 1 aromatic carbocycles. The summed E-state index contributed by atoms with van der Waals surface area (Å²) in [5, 5.41) is 15.3. The molecule has 3 nitrogen and oxygen atoms in total. The van der Waals surface area contributed by atoms with E-state index in [1.807, 2.05) is 41.8 Å². The molecule has 0 aliphatic heterocycles. The second-order valence-corrected chi connectivity index (χ2v) is 7.19. The number of hydrogen-bond donors (Lipinski definition) is 2. The first kappa shape index (κ1) is 16.2. The van der Waals surface area contributed by atoms with Gasteiger partial charge in [0.25, 0.3) is 0 Å². The molecule has 1 aromatic heterocycles. The minimum Gasteiger partial charge on any atom is -0.388 e. The summed E-state index contributed by atoms with van der Waals surface area (Å²) in [7, 11) is 0. The molecular weight excluding hydrogens is 306 g/mol. The molecule has 1 heterocycles. The number of carbonyl (C=O) groups excluding carboxylic acids is 1. The second kappa shape index (κ2) is 7.28. The molecule has 0 unspecified atom stereocenters. The summed E-state index contributed by atoms with van der Waals surface area (Å²) in [6, 6.07) is 13.7. The Morgan fingerprint density at radius 1 is 1.17 bits per heavy atom. The number of rotatable bonds is 6. The highest BCUT2D eigenvalue weighted by molar-refractivity contribution is 7.10. The Morgan fingerprint density at radius 2 is 1.91 bits per heavy atom. The zero-order valence-electron chi connectivity index (χ0n) is 13.2. The van der Waals surface area contributed by atoms with Crippen molar-refractivity contribution in [2.45, 2.75) is 43.6 Å². The van der Waals surface area contributed by atoms with E-state index < -0.39 is 6.10 Å². The van der Waals surface area contributed by atoms with Gasteiger partial charge in [-0.05, 0) is 36.3 Å². The zero-order valence-corrected chi connectivity index (χ0v) is 14.0. The molecule has 1 fully saturated rings. The summed E-state index contributed by atoms with van der Waals surface area (Å²) < 4.78 is 0. The van der Waals surface area contributed by atoms with E-state index in [1.165, 1.54) is 4.88 Å². The van der Waals surface area contributed by atoms with Crippen LogP contribution in [0.15, 0.2) is 47.8 Å². The van der Waals surface area contributed by atoms with Gasteiger partial charge in [-0.15, -0.1) is 11.3 Å². The van der Waals surface area contributed by atoms with Crippen LogP contribution < -0.4 is 5.32 Å². The van der Waals surface area contributed by atoms with E-state index in [4.69, 9.17) is 0 Å². The molecule has 1 amide bonds. The van der Waals surface area contributed by atoms with E-state index in [0.29, 0.717) is 13.0 Å². The van der Waals surface area contributed by atoms with Crippen LogP contribution >= 0.6 is 11.3 Å². The molecule has 1 aliphatic carbocycles. The molecule has 1 saturated carbocycles. The monoisotopic (exact) mass is 329 g/mol. The van der Waals surface area contributed by atoms with Crippen LogP contribution in [-0.4, -0.2) is 17.6 Å². The van der Waals surface area contributed by atoms with E-state index in [-0.39, 0.29) is 11.3 Å². The molecule has 0 spiro atoms. The standard InChI is InChI=1S/C19H23NO2S/c21-16(15-7-2-1-3-8-15)10-13-20-18(22)19(11-4-5-12-19)17-9-6-14-23-17/h1-3,6-9,14,16,21H,4-5,10-13H2,(H,20,22)/t16-/m1/s1. The van der Waals surface area contributed by atoms with E-state index in [1.54, 1.807) is 11.3 Å². The summed E-state index contributed by atoms with van der Waals surface area (Å²) in [4.78, 5) is 14.0. The molecule has 4 heteroatoms. The lowest BCUT2D eigenvalue weighted by molar-refractivity contribution is -0.126. The number of nitrogens with one attached hydrogen (secondary N) is 1. The van der Waals surface area contributed by atoms with E-state index in [0.717, 1.165) is 31.2 Å². The van der Waals surface area contributed by atoms with Crippen molar-refractivity contribution in [1.29, 1.82) is 0 Å². The molecule has 3 rings (SSSR count). The maximum atomic E-state index is 12.8. The molecule has 23 heavy (non-hydrogen) atoms. The quantitative estimate of drug-likeness (QED) is 0.847. The normalized spacial score (nSPS) is 17.8. The summed E-state index contributed by atoms with van der Waals surface area (Å²) in [6.07, 6.45) is 4.09. The predicted molar refractivity (Wildman–Crippen MR) is 93.5 cm³/mol. The molecule has 0 saturated heterocycles. The number of amides is 1. The molecule has 2 N–H and O–H groups in total. The third kappa shape index (κ3) is 3.48. The minimum absolute atomic E-state index is 0.123. The van der Waals surface area contributed by atoms with E-state index >= 15 is 0 Å². The maximum absolute atomic E-state index is 12.8. The van der Waals surface area contributed by atoms with Gasteiger partial charge >= 0.3 is 0 Å². The van der Waals surface area contributed by atoms with Gasteiger partial charge in [-0.1, -0.05) is 49.2 Å². The fourth-order valence-electron chi connectivity index (χ4n) is 3.45. The molecule has 0 radical (unpaired) electrons. The van der Waals surface area contributed by atoms with Crippen molar-refractivity contribution >= 4 is 17.2 Å². The first-order chi connectivity index (χ1) is 11.2. The average Bonchev–Trinajstić information content (AvgIpc) is 3.27. The third-order valence-corrected chi connectivity index (χ3v) is 5.85. The van der Waals surface area contributed by atoms with Crippen LogP contribution in [0, 0.1) is 0 Å². The summed E-state index contributed by atoms with van der Waals surface area (Å²) in [6.45, 7) is 0.502. The van der Waals surface area contributed by atoms with Crippen molar-refractivity contribution in [2.24, 2.45) is 0 Å². The van der Waals surface area contributed by atoms with Crippen LogP contribution in [0.2, 0.25) is 0 Å². The number of hydrogen-bond acceptors (Lipinski definition) is 3. The molecule has 122 valence electrons. The average molecular weight is 329 g/mol. The molecular formula is C19H23NO2S. The highest BCUT2D eigenvalue weighted by Crippen LogP contribution is 2.43. The molecule has 0 bridgehead atoms. The maximum Gasteiger partial charge on any atom is 0.231 e. The summed E-state index contributed by atoms with van der Waals surface area (Å²) in [5.74, 6) is 0.123. The lowest BCUT2D eigenvalue weighted by Crippen LogP contribution is -2.42. The first-order valence-electron chi connectivity index (χ1n) is 8.28. The fraction of sp³-hybridized carbons (Fsp3) is 0.421. The number of aliphatic hydroxyl groups excluding tert-OH is 1.